The number of amides is 1. The highest BCUT2D eigenvalue weighted by Gasteiger charge is 2.19. The van der Waals surface area contributed by atoms with Crippen molar-refractivity contribution in [1.29, 1.82) is 0 Å². The Balaban J connectivity index is 1.96. The van der Waals surface area contributed by atoms with Crippen LogP contribution in [0.4, 0.5) is 5.69 Å². The van der Waals surface area contributed by atoms with E-state index in [0.29, 0.717) is 6.42 Å². The Hall–Kier alpha value is -3.22. The minimum Gasteiger partial charge on any atom is -0.477 e. The van der Waals surface area contributed by atoms with Crippen LogP contribution in [-0.4, -0.2) is 29.3 Å². The van der Waals surface area contributed by atoms with Crippen molar-refractivity contribution in [2.24, 2.45) is 0 Å². The largest absolute Gasteiger partial charge is 0.477 e. The van der Waals surface area contributed by atoms with Gasteiger partial charge >= 0.3 is 5.69 Å². The van der Waals surface area contributed by atoms with E-state index in [2.05, 4.69) is 5.32 Å². The average Bonchev–Trinajstić information content (AvgIpc) is 2.60. The number of nitrogens with zero attached hydrogens (tertiary/aromatic N) is 1. The Bertz CT molecular complexity index is 761. The van der Waals surface area contributed by atoms with E-state index in [1.807, 2.05) is 30.3 Å². The van der Waals surface area contributed by atoms with E-state index in [1.54, 1.807) is 6.07 Å². The van der Waals surface area contributed by atoms with Crippen molar-refractivity contribution < 1.29 is 19.2 Å². The number of nitrogens with one attached hydrogen (secondary N) is 1. The van der Waals surface area contributed by atoms with Crippen LogP contribution >= 0.6 is 0 Å². The quantitative estimate of drug-likeness (QED) is 0.586. The van der Waals surface area contributed by atoms with Crippen molar-refractivity contribution in [3.8, 4) is 5.75 Å². The first-order chi connectivity index (χ1) is 12.0. The lowest BCUT2D eigenvalue weighted by Gasteiger charge is -2.16. The zero-order valence-corrected chi connectivity index (χ0v) is 13.7. The lowest BCUT2D eigenvalue weighted by Crippen LogP contribution is -2.43. The molecule has 1 unspecified atom stereocenters. The minimum absolute atomic E-state index is 0.00471. The average molecular weight is 342 g/mol. The molecule has 0 radical (unpaired) electrons. The van der Waals surface area contributed by atoms with Gasteiger partial charge in [-0.25, -0.2) is 0 Å². The topological polar surface area (TPSA) is 98.5 Å². The number of ether oxygens (including phenoxy) is 1. The zero-order chi connectivity index (χ0) is 18.2. The SMILES string of the molecule is CC(=O)C(Cc1ccccc1)NC(=O)COc1ccccc1[N+](=O)[O-]. The van der Waals surface area contributed by atoms with E-state index in [-0.39, 0.29) is 17.2 Å². The Morgan fingerprint density at radius 2 is 1.76 bits per heavy atom. The fourth-order valence-corrected chi connectivity index (χ4v) is 2.26. The number of nitro benzene ring substituents is 1. The molecule has 2 aromatic rings. The lowest BCUT2D eigenvalue weighted by atomic mass is 10.0. The molecule has 7 heteroatoms. The van der Waals surface area contributed by atoms with Crippen molar-refractivity contribution in [2.45, 2.75) is 19.4 Å². The summed E-state index contributed by atoms with van der Waals surface area (Å²) in [7, 11) is 0. The van der Waals surface area contributed by atoms with Crippen molar-refractivity contribution in [1.82, 2.24) is 5.32 Å². The zero-order valence-electron chi connectivity index (χ0n) is 13.7. The van der Waals surface area contributed by atoms with Gasteiger partial charge in [-0.2, -0.15) is 0 Å². The van der Waals surface area contributed by atoms with Crippen LogP contribution in [0.25, 0.3) is 0 Å². The van der Waals surface area contributed by atoms with E-state index in [1.165, 1.54) is 25.1 Å². The molecule has 0 aliphatic heterocycles. The normalized spacial score (nSPS) is 11.4. The number of carbonyl (C=O) groups is 2. The molecule has 1 amide bonds. The molecule has 1 atom stereocenters. The number of para-hydroxylation sites is 2. The minimum atomic E-state index is -0.677. The first-order valence-electron chi connectivity index (χ1n) is 7.67. The van der Waals surface area contributed by atoms with Crippen LogP contribution in [0, 0.1) is 10.1 Å². The number of Topliss-reactive ketones (excluding diaryl/α,β-unsaturated/α-hetero) is 1. The van der Waals surface area contributed by atoms with Gasteiger partial charge in [0.1, 0.15) is 0 Å². The van der Waals surface area contributed by atoms with Gasteiger partial charge in [0, 0.05) is 6.07 Å². The summed E-state index contributed by atoms with van der Waals surface area (Å²) in [6.07, 6.45) is 0.368. The van der Waals surface area contributed by atoms with Gasteiger partial charge in [0.25, 0.3) is 5.91 Å². The molecule has 0 fully saturated rings. The number of ketones is 1. The van der Waals surface area contributed by atoms with Gasteiger partial charge < -0.3 is 10.1 Å². The molecule has 0 spiro atoms. The van der Waals surface area contributed by atoms with Crippen LogP contribution in [0.2, 0.25) is 0 Å². The Labute approximate surface area is 144 Å². The highest BCUT2D eigenvalue weighted by Crippen LogP contribution is 2.25. The molecule has 0 saturated carbocycles. The Morgan fingerprint density at radius 1 is 1.12 bits per heavy atom. The predicted octanol–water partition coefficient (Wildman–Crippen LogP) is 2.29. The maximum Gasteiger partial charge on any atom is 0.310 e. The monoisotopic (exact) mass is 342 g/mol. The van der Waals surface area contributed by atoms with Crippen molar-refractivity contribution in [2.75, 3.05) is 6.61 Å². The van der Waals surface area contributed by atoms with Crippen molar-refractivity contribution in [3.05, 3.63) is 70.3 Å². The fraction of sp³-hybridized carbons (Fsp3) is 0.222. The van der Waals surface area contributed by atoms with Crippen molar-refractivity contribution >= 4 is 17.4 Å². The number of nitro groups is 1. The number of hydrogen-bond donors (Lipinski definition) is 1. The Kier molecular flexibility index (Phi) is 6.22. The number of hydrogen-bond acceptors (Lipinski definition) is 5. The van der Waals surface area contributed by atoms with Gasteiger partial charge in [0.05, 0.1) is 11.0 Å². The number of rotatable bonds is 8. The van der Waals surface area contributed by atoms with Crippen molar-refractivity contribution in [3.63, 3.8) is 0 Å². The highest BCUT2D eigenvalue weighted by atomic mass is 16.6. The van der Waals surface area contributed by atoms with Gasteiger partial charge in [0.15, 0.2) is 18.1 Å². The van der Waals surface area contributed by atoms with Gasteiger partial charge in [-0.05, 0) is 25.0 Å². The molecule has 0 aliphatic carbocycles. The molecule has 0 heterocycles. The summed E-state index contributed by atoms with van der Waals surface area (Å²) in [5.74, 6) is -0.692. The van der Waals surface area contributed by atoms with E-state index < -0.39 is 23.5 Å². The van der Waals surface area contributed by atoms with Gasteiger partial charge in [-0.3, -0.25) is 19.7 Å². The predicted molar refractivity (Wildman–Crippen MR) is 91.3 cm³/mol. The van der Waals surface area contributed by atoms with Gasteiger partial charge in [-0.15, -0.1) is 0 Å². The Morgan fingerprint density at radius 3 is 2.40 bits per heavy atom. The maximum atomic E-state index is 12.0. The number of carbonyl (C=O) groups excluding carboxylic acids is 2. The van der Waals surface area contributed by atoms with Crippen LogP contribution in [0.15, 0.2) is 54.6 Å². The van der Waals surface area contributed by atoms with E-state index >= 15 is 0 Å². The summed E-state index contributed by atoms with van der Waals surface area (Å²) < 4.78 is 5.23. The molecule has 7 nitrogen and oxygen atoms in total. The van der Waals surface area contributed by atoms with Crippen LogP contribution in [0.3, 0.4) is 0 Å². The summed E-state index contributed by atoms with van der Waals surface area (Å²) in [5.41, 5.74) is 0.699. The molecule has 2 rings (SSSR count). The molecule has 0 aromatic heterocycles. The third kappa shape index (κ3) is 5.42. The molecule has 0 saturated heterocycles. The van der Waals surface area contributed by atoms with E-state index in [9.17, 15) is 19.7 Å². The smallest absolute Gasteiger partial charge is 0.310 e. The summed E-state index contributed by atoms with van der Waals surface area (Å²) >= 11 is 0. The molecular weight excluding hydrogens is 324 g/mol. The fourth-order valence-electron chi connectivity index (χ4n) is 2.26. The first-order valence-corrected chi connectivity index (χ1v) is 7.67. The summed E-state index contributed by atoms with van der Waals surface area (Å²) in [5, 5.41) is 13.5. The number of benzene rings is 2. The maximum absolute atomic E-state index is 12.0. The molecule has 1 N–H and O–H groups in total. The van der Waals surface area contributed by atoms with Crippen LogP contribution in [0.1, 0.15) is 12.5 Å². The van der Waals surface area contributed by atoms with Crippen LogP contribution in [-0.2, 0) is 16.0 Å². The molecule has 0 aliphatic rings. The van der Waals surface area contributed by atoms with Crippen LogP contribution < -0.4 is 10.1 Å². The summed E-state index contributed by atoms with van der Waals surface area (Å²) in [4.78, 5) is 34.1. The van der Waals surface area contributed by atoms with Gasteiger partial charge in [-0.1, -0.05) is 42.5 Å². The van der Waals surface area contributed by atoms with Gasteiger partial charge in [0.2, 0.25) is 0 Å². The second-order valence-corrected chi connectivity index (χ2v) is 5.43. The first kappa shape index (κ1) is 18.1. The molecule has 25 heavy (non-hydrogen) atoms. The third-order valence-corrected chi connectivity index (χ3v) is 3.53. The third-order valence-electron chi connectivity index (χ3n) is 3.53. The standard InChI is InChI=1S/C18H18N2O5/c1-13(21)15(11-14-7-3-2-4-8-14)19-18(22)12-25-17-10-6-5-9-16(17)20(23)24/h2-10,15H,11-12H2,1H3,(H,19,22). The van der Waals surface area contributed by atoms with E-state index in [4.69, 9.17) is 4.74 Å². The highest BCUT2D eigenvalue weighted by molar-refractivity contribution is 5.88. The molecular formula is C18H18N2O5. The van der Waals surface area contributed by atoms with Crippen LogP contribution in [0.5, 0.6) is 5.75 Å². The molecule has 130 valence electrons. The summed E-state index contributed by atoms with van der Waals surface area (Å²) in [6.45, 7) is 0.986. The molecule has 0 bridgehead atoms. The molecule has 2 aromatic carbocycles. The lowest BCUT2D eigenvalue weighted by molar-refractivity contribution is -0.385. The summed E-state index contributed by atoms with van der Waals surface area (Å²) in [6, 6.07) is 14.4. The second kappa shape index (κ2) is 8.58. The van der Waals surface area contributed by atoms with E-state index in [0.717, 1.165) is 5.56 Å². The second-order valence-electron chi connectivity index (χ2n) is 5.43.